The Hall–Kier alpha value is -2.53. The summed E-state index contributed by atoms with van der Waals surface area (Å²) in [5, 5.41) is 3.65. The molecule has 2 aliphatic rings. The van der Waals surface area contributed by atoms with Gasteiger partial charge in [0.05, 0.1) is 23.7 Å². The zero-order valence-electron chi connectivity index (χ0n) is 19.4. The fourth-order valence-electron chi connectivity index (χ4n) is 4.50. The molecule has 1 aliphatic carbocycles. The van der Waals surface area contributed by atoms with Crippen LogP contribution in [0.5, 0.6) is 5.75 Å². The van der Waals surface area contributed by atoms with Gasteiger partial charge in [-0.05, 0) is 44.7 Å². The Kier molecular flexibility index (Phi) is 7.22. The highest BCUT2D eigenvalue weighted by Gasteiger charge is 2.31. The molecule has 0 bridgehead atoms. The van der Waals surface area contributed by atoms with E-state index in [-0.39, 0.29) is 24.5 Å². The predicted molar refractivity (Wildman–Crippen MR) is 125 cm³/mol. The molecule has 34 heavy (non-hydrogen) atoms. The number of ether oxygens (including phenoxy) is 1. The third-order valence-electron chi connectivity index (χ3n) is 6.48. The molecule has 2 aromatic rings. The van der Waals surface area contributed by atoms with Gasteiger partial charge >= 0.3 is 5.56 Å². The van der Waals surface area contributed by atoms with Crippen molar-refractivity contribution in [2.75, 3.05) is 37.7 Å². The van der Waals surface area contributed by atoms with Gasteiger partial charge in [-0.3, -0.25) is 4.79 Å². The second kappa shape index (κ2) is 9.99. The van der Waals surface area contributed by atoms with Crippen molar-refractivity contribution in [1.29, 1.82) is 0 Å². The van der Waals surface area contributed by atoms with Gasteiger partial charge in [0.15, 0.2) is 0 Å². The number of anilines is 1. The minimum atomic E-state index is -3.37. The monoisotopic (exact) mass is 496 g/mol. The summed E-state index contributed by atoms with van der Waals surface area (Å²) < 4.78 is 61.0. The SMILES string of the molecule is CC(C)S(=O)(=O)N1CCN(c2cnn(-c3cc(F)cc(F)c3)c(=O)c2OCC2CCCC2)CC1. The van der Waals surface area contributed by atoms with Crippen molar-refractivity contribution in [3.05, 3.63) is 46.4 Å². The van der Waals surface area contributed by atoms with Crippen molar-refractivity contribution in [2.45, 2.75) is 44.8 Å². The number of benzene rings is 1. The van der Waals surface area contributed by atoms with Gasteiger partial charge < -0.3 is 9.64 Å². The molecule has 2 fully saturated rings. The highest BCUT2D eigenvalue weighted by atomic mass is 32.2. The molecule has 1 aromatic heterocycles. The van der Waals surface area contributed by atoms with E-state index in [9.17, 15) is 22.0 Å². The van der Waals surface area contributed by atoms with Gasteiger partial charge in [0.25, 0.3) is 0 Å². The second-order valence-electron chi connectivity index (χ2n) is 9.14. The first kappa shape index (κ1) is 24.6. The molecular formula is C23H30F2N4O4S. The molecule has 1 saturated heterocycles. The largest absolute Gasteiger partial charge is 0.486 e. The summed E-state index contributed by atoms with van der Waals surface area (Å²) in [6, 6.07) is 2.80. The van der Waals surface area contributed by atoms with Crippen LogP contribution in [0.3, 0.4) is 0 Å². The van der Waals surface area contributed by atoms with Gasteiger partial charge in [0, 0.05) is 32.2 Å². The maximum atomic E-state index is 13.8. The topological polar surface area (TPSA) is 84.7 Å². The van der Waals surface area contributed by atoms with Crippen LogP contribution >= 0.6 is 0 Å². The number of hydrogen-bond acceptors (Lipinski definition) is 6. The van der Waals surface area contributed by atoms with Crippen molar-refractivity contribution in [3.8, 4) is 11.4 Å². The summed E-state index contributed by atoms with van der Waals surface area (Å²) in [6.07, 6.45) is 5.73. The van der Waals surface area contributed by atoms with Crippen LogP contribution in [-0.4, -0.2) is 60.5 Å². The molecule has 0 amide bonds. The standard InChI is InChI=1S/C23H30F2N4O4S/c1-16(2)34(31,32)28-9-7-27(8-10-28)21-14-26-29(20-12-18(24)11-19(25)13-20)23(30)22(21)33-15-17-5-3-4-6-17/h11-14,16-17H,3-10,15H2,1-2H3. The van der Waals surface area contributed by atoms with E-state index in [4.69, 9.17) is 4.74 Å². The Bertz CT molecular complexity index is 1170. The Morgan fingerprint density at radius 2 is 1.68 bits per heavy atom. The lowest BCUT2D eigenvalue weighted by atomic mass is 10.1. The van der Waals surface area contributed by atoms with Gasteiger partial charge in [-0.25, -0.2) is 17.2 Å². The van der Waals surface area contributed by atoms with E-state index in [1.54, 1.807) is 13.8 Å². The zero-order valence-corrected chi connectivity index (χ0v) is 20.2. The number of piperazine rings is 1. The lowest BCUT2D eigenvalue weighted by Gasteiger charge is -2.36. The first-order valence-electron chi connectivity index (χ1n) is 11.6. The van der Waals surface area contributed by atoms with Crippen molar-refractivity contribution in [1.82, 2.24) is 14.1 Å². The smallest absolute Gasteiger partial charge is 0.316 e. The van der Waals surface area contributed by atoms with Gasteiger partial charge in [-0.15, -0.1) is 0 Å². The van der Waals surface area contributed by atoms with Gasteiger partial charge in [-0.1, -0.05) is 12.8 Å². The number of aromatic nitrogens is 2. The highest BCUT2D eigenvalue weighted by Crippen LogP contribution is 2.30. The maximum Gasteiger partial charge on any atom is 0.316 e. The summed E-state index contributed by atoms with van der Waals surface area (Å²) in [7, 11) is -3.37. The van der Waals surface area contributed by atoms with Crippen molar-refractivity contribution in [3.63, 3.8) is 0 Å². The van der Waals surface area contributed by atoms with E-state index in [0.29, 0.717) is 31.3 Å². The van der Waals surface area contributed by atoms with Crippen LogP contribution < -0.4 is 15.2 Å². The molecular weight excluding hydrogens is 466 g/mol. The molecule has 1 saturated carbocycles. The van der Waals surface area contributed by atoms with E-state index in [2.05, 4.69) is 5.10 Å². The molecule has 11 heteroatoms. The van der Waals surface area contributed by atoms with Crippen LogP contribution in [0.15, 0.2) is 29.2 Å². The third kappa shape index (κ3) is 5.10. The van der Waals surface area contributed by atoms with E-state index in [1.807, 2.05) is 4.90 Å². The predicted octanol–water partition coefficient (Wildman–Crippen LogP) is 2.94. The molecule has 0 radical (unpaired) electrons. The Balaban J connectivity index is 1.65. The normalized spacial score (nSPS) is 18.1. The molecule has 1 aliphatic heterocycles. The molecule has 0 N–H and O–H groups in total. The number of halogens is 2. The molecule has 8 nitrogen and oxygen atoms in total. The maximum absolute atomic E-state index is 13.8. The fraction of sp³-hybridized carbons (Fsp3) is 0.565. The van der Waals surface area contributed by atoms with Crippen molar-refractivity contribution in [2.24, 2.45) is 5.92 Å². The zero-order chi connectivity index (χ0) is 24.5. The molecule has 0 spiro atoms. The molecule has 0 atom stereocenters. The average Bonchev–Trinajstić information content (AvgIpc) is 3.31. The molecule has 186 valence electrons. The van der Waals surface area contributed by atoms with Crippen molar-refractivity contribution >= 4 is 15.7 Å². The third-order valence-corrected chi connectivity index (χ3v) is 8.76. The van der Waals surface area contributed by atoms with Gasteiger partial charge in [0.1, 0.15) is 17.3 Å². The Morgan fingerprint density at radius 3 is 2.26 bits per heavy atom. The van der Waals surface area contributed by atoms with Crippen LogP contribution in [0.25, 0.3) is 5.69 Å². The number of rotatable bonds is 7. The summed E-state index contributed by atoms with van der Waals surface area (Å²) >= 11 is 0. The van der Waals surface area contributed by atoms with E-state index < -0.39 is 32.5 Å². The van der Waals surface area contributed by atoms with Crippen molar-refractivity contribution < 1.29 is 21.9 Å². The Labute approximate surface area is 198 Å². The summed E-state index contributed by atoms with van der Waals surface area (Å²) in [6.45, 7) is 4.95. The van der Waals surface area contributed by atoms with Crippen LogP contribution in [-0.2, 0) is 10.0 Å². The van der Waals surface area contributed by atoms with Crippen LogP contribution in [0, 0.1) is 17.6 Å². The Morgan fingerprint density at radius 1 is 1.06 bits per heavy atom. The second-order valence-corrected chi connectivity index (χ2v) is 11.6. The van der Waals surface area contributed by atoms with E-state index >= 15 is 0 Å². The summed E-state index contributed by atoms with van der Waals surface area (Å²) in [4.78, 5) is 15.2. The number of nitrogens with zero attached hydrogens (tertiary/aromatic N) is 4. The van der Waals surface area contributed by atoms with Crippen LogP contribution in [0.2, 0.25) is 0 Å². The molecule has 1 aromatic carbocycles. The van der Waals surface area contributed by atoms with Gasteiger partial charge in [0.2, 0.25) is 15.8 Å². The lowest BCUT2D eigenvalue weighted by Crippen LogP contribution is -2.50. The number of hydrogen-bond donors (Lipinski definition) is 0. The first-order chi connectivity index (χ1) is 16.2. The molecule has 4 rings (SSSR count). The van der Waals surface area contributed by atoms with Crippen LogP contribution in [0.1, 0.15) is 39.5 Å². The average molecular weight is 497 g/mol. The highest BCUT2D eigenvalue weighted by molar-refractivity contribution is 7.89. The quantitative estimate of drug-likeness (QED) is 0.586. The molecule has 0 unspecified atom stereocenters. The minimum absolute atomic E-state index is 0.0346. The first-order valence-corrected chi connectivity index (χ1v) is 13.1. The summed E-state index contributed by atoms with van der Waals surface area (Å²) in [5.41, 5.74) is -0.192. The molecule has 2 heterocycles. The van der Waals surface area contributed by atoms with E-state index in [1.165, 1.54) is 10.5 Å². The minimum Gasteiger partial charge on any atom is -0.486 e. The van der Waals surface area contributed by atoms with E-state index in [0.717, 1.165) is 48.6 Å². The van der Waals surface area contributed by atoms with Gasteiger partial charge in [-0.2, -0.15) is 14.1 Å². The fourth-order valence-corrected chi connectivity index (χ4v) is 5.76. The summed E-state index contributed by atoms with van der Waals surface area (Å²) in [5.74, 6) is -1.23. The lowest BCUT2D eigenvalue weighted by molar-refractivity contribution is 0.247. The number of sulfonamides is 1. The van der Waals surface area contributed by atoms with Crippen LogP contribution in [0.4, 0.5) is 14.5 Å².